The number of benzene rings is 3. The number of ether oxygens (including phenoxy) is 2. The first kappa shape index (κ1) is 22.8. The molecule has 0 aliphatic heterocycles. The van der Waals surface area contributed by atoms with E-state index in [1.807, 2.05) is 0 Å². The standard InChI is InChI=1S/C22H19FN2O6S/c1-30-19-4-2-3-18(13-19)24-21(26)14-31-22(27)15-5-9-17(10-6-15)25-32(28,29)20-11-7-16(23)8-12-20/h2-13,25H,14H2,1H3,(H,24,26). The Hall–Kier alpha value is -3.92. The lowest BCUT2D eigenvalue weighted by Crippen LogP contribution is -2.21. The number of halogens is 1. The van der Waals surface area contributed by atoms with Gasteiger partial charge in [0.25, 0.3) is 15.9 Å². The van der Waals surface area contributed by atoms with E-state index in [0.29, 0.717) is 11.4 Å². The summed E-state index contributed by atoms with van der Waals surface area (Å²) < 4.78 is 50.0. The molecule has 3 rings (SSSR count). The van der Waals surface area contributed by atoms with E-state index in [0.717, 1.165) is 24.3 Å². The molecule has 3 aromatic rings. The SMILES string of the molecule is COc1cccc(NC(=O)COC(=O)c2ccc(NS(=O)(=O)c3ccc(F)cc3)cc2)c1. The Morgan fingerprint density at radius 2 is 1.62 bits per heavy atom. The molecule has 2 N–H and O–H groups in total. The predicted octanol–water partition coefficient (Wildman–Crippen LogP) is 3.43. The van der Waals surface area contributed by atoms with Crippen molar-refractivity contribution in [3.8, 4) is 5.75 Å². The van der Waals surface area contributed by atoms with Crippen LogP contribution in [0.15, 0.2) is 77.7 Å². The molecule has 0 aromatic heterocycles. The van der Waals surface area contributed by atoms with Gasteiger partial charge in [0, 0.05) is 17.4 Å². The zero-order valence-electron chi connectivity index (χ0n) is 16.9. The van der Waals surface area contributed by atoms with E-state index in [2.05, 4.69) is 10.0 Å². The monoisotopic (exact) mass is 458 g/mol. The van der Waals surface area contributed by atoms with Crippen LogP contribution in [-0.4, -0.2) is 34.0 Å². The van der Waals surface area contributed by atoms with Gasteiger partial charge in [0.15, 0.2) is 6.61 Å². The fourth-order valence-electron chi connectivity index (χ4n) is 2.61. The lowest BCUT2D eigenvalue weighted by Gasteiger charge is -2.10. The Balaban J connectivity index is 1.55. The third kappa shape index (κ3) is 6.05. The maximum absolute atomic E-state index is 13.0. The molecule has 0 spiro atoms. The van der Waals surface area contributed by atoms with Crippen LogP contribution in [0.1, 0.15) is 10.4 Å². The molecule has 1 amide bonds. The molecule has 0 saturated heterocycles. The quantitative estimate of drug-likeness (QED) is 0.501. The highest BCUT2D eigenvalue weighted by atomic mass is 32.2. The van der Waals surface area contributed by atoms with Crippen LogP contribution >= 0.6 is 0 Å². The van der Waals surface area contributed by atoms with Gasteiger partial charge < -0.3 is 14.8 Å². The summed E-state index contributed by atoms with van der Waals surface area (Å²) in [5.74, 6) is -1.27. The van der Waals surface area contributed by atoms with Gasteiger partial charge in [-0.1, -0.05) is 6.07 Å². The van der Waals surface area contributed by atoms with E-state index < -0.39 is 34.3 Å². The number of methoxy groups -OCH3 is 1. The third-order valence-corrected chi connectivity index (χ3v) is 5.58. The predicted molar refractivity (Wildman–Crippen MR) is 116 cm³/mol. The van der Waals surface area contributed by atoms with Crippen molar-refractivity contribution in [2.45, 2.75) is 4.90 Å². The Morgan fingerprint density at radius 3 is 2.28 bits per heavy atom. The van der Waals surface area contributed by atoms with E-state index in [-0.39, 0.29) is 16.1 Å². The maximum atomic E-state index is 13.0. The summed E-state index contributed by atoms with van der Waals surface area (Å²) in [6.07, 6.45) is 0. The van der Waals surface area contributed by atoms with Gasteiger partial charge in [-0.25, -0.2) is 17.6 Å². The van der Waals surface area contributed by atoms with Crippen molar-refractivity contribution in [3.63, 3.8) is 0 Å². The summed E-state index contributed by atoms with van der Waals surface area (Å²) in [6.45, 7) is -0.505. The molecule has 0 radical (unpaired) electrons. The average Bonchev–Trinajstić information content (AvgIpc) is 2.78. The number of amides is 1. The van der Waals surface area contributed by atoms with Crippen molar-refractivity contribution >= 4 is 33.3 Å². The van der Waals surface area contributed by atoms with Gasteiger partial charge in [0.05, 0.1) is 17.6 Å². The molecule has 0 atom stereocenters. The van der Waals surface area contributed by atoms with E-state index in [1.165, 1.54) is 31.4 Å². The molecule has 166 valence electrons. The minimum atomic E-state index is -3.91. The van der Waals surface area contributed by atoms with Crippen LogP contribution in [0, 0.1) is 5.82 Å². The van der Waals surface area contributed by atoms with Gasteiger partial charge >= 0.3 is 5.97 Å². The summed E-state index contributed by atoms with van der Waals surface area (Å²) in [5.41, 5.74) is 0.814. The van der Waals surface area contributed by atoms with E-state index in [9.17, 15) is 22.4 Å². The van der Waals surface area contributed by atoms with Gasteiger partial charge in [0.1, 0.15) is 11.6 Å². The lowest BCUT2D eigenvalue weighted by molar-refractivity contribution is -0.119. The van der Waals surface area contributed by atoms with Crippen LogP contribution < -0.4 is 14.8 Å². The Morgan fingerprint density at radius 1 is 0.938 bits per heavy atom. The fourth-order valence-corrected chi connectivity index (χ4v) is 3.67. The van der Waals surface area contributed by atoms with Crippen LogP contribution in [0.3, 0.4) is 0 Å². The molecule has 0 unspecified atom stereocenters. The fraction of sp³-hybridized carbons (Fsp3) is 0.0909. The Bertz CT molecular complexity index is 1210. The number of sulfonamides is 1. The molecule has 0 saturated carbocycles. The van der Waals surface area contributed by atoms with Gasteiger partial charge in [-0.05, 0) is 60.7 Å². The Kier molecular flexibility index (Phi) is 7.06. The molecule has 0 heterocycles. The first-order valence-corrected chi connectivity index (χ1v) is 10.7. The highest BCUT2D eigenvalue weighted by Gasteiger charge is 2.15. The number of nitrogens with one attached hydrogen (secondary N) is 2. The van der Waals surface area contributed by atoms with Gasteiger partial charge in [-0.3, -0.25) is 9.52 Å². The number of carbonyl (C=O) groups excluding carboxylic acids is 2. The normalized spacial score (nSPS) is 10.8. The summed E-state index contributed by atoms with van der Waals surface area (Å²) in [7, 11) is -2.41. The number of carbonyl (C=O) groups is 2. The number of hydrogen-bond donors (Lipinski definition) is 2. The number of rotatable bonds is 8. The van der Waals surface area contributed by atoms with Crippen molar-refractivity contribution in [1.29, 1.82) is 0 Å². The largest absolute Gasteiger partial charge is 0.497 e. The van der Waals surface area contributed by atoms with Crippen LogP contribution in [0.25, 0.3) is 0 Å². The molecular formula is C22H19FN2O6S. The first-order valence-electron chi connectivity index (χ1n) is 9.26. The van der Waals surface area contributed by atoms with Crippen LogP contribution in [-0.2, 0) is 19.6 Å². The minimum absolute atomic E-state index is 0.107. The molecule has 0 fully saturated rings. The van der Waals surface area contributed by atoms with Crippen molar-refractivity contribution in [2.24, 2.45) is 0 Å². The van der Waals surface area contributed by atoms with Crippen molar-refractivity contribution in [2.75, 3.05) is 23.8 Å². The van der Waals surface area contributed by atoms with Crippen molar-refractivity contribution < 1.29 is 31.9 Å². The summed E-state index contributed by atoms with van der Waals surface area (Å²) in [5, 5.41) is 2.58. The van der Waals surface area contributed by atoms with Crippen LogP contribution in [0.5, 0.6) is 5.75 Å². The second kappa shape index (κ2) is 9.92. The smallest absolute Gasteiger partial charge is 0.338 e. The molecular weight excluding hydrogens is 439 g/mol. The van der Waals surface area contributed by atoms with Crippen molar-refractivity contribution in [3.05, 3.63) is 84.2 Å². The average molecular weight is 458 g/mol. The number of anilines is 2. The maximum Gasteiger partial charge on any atom is 0.338 e. The molecule has 0 bridgehead atoms. The van der Waals surface area contributed by atoms with Crippen LogP contribution in [0.4, 0.5) is 15.8 Å². The van der Waals surface area contributed by atoms with E-state index in [1.54, 1.807) is 24.3 Å². The summed E-state index contributed by atoms with van der Waals surface area (Å²) >= 11 is 0. The summed E-state index contributed by atoms with van der Waals surface area (Å²) in [4.78, 5) is 24.0. The molecule has 8 nitrogen and oxygen atoms in total. The second-order valence-electron chi connectivity index (χ2n) is 6.49. The zero-order chi connectivity index (χ0) is 23.1. The van der Waals surface area contributed by atoms with E-state index >= 15 is 0 Å². The third-order valence-electron chi connectivity index (χ3n) is 4.18. The molecule has 0 aliphatic rings. The Labute approximate surface area is 184 Å². The highest BCUT2D eigenvalue weighted by Crippen LogP contribution is 2.18. The molecule has 10 heteroatoms. The number of hydrogen-bond acceptors (Lipinski definition) is 6. The lowest BCUT2D eigenvalue weighted by atomic mass is 10.2. The zero-order valence-corrected chi connectivity index (χ0v) is 17.7. The molecule has 32 heavy (non-hydrogen) atoms. The summed E-state index contributed by atoms with van der Waals surface area (Å²) in [6, 6.07) is 16.5. The second-order valence-corrected chi connectivity index (χ2v) is 8.18. The topological polar surface area (TPSA) is 111 Å². The molecule has 0 aliphatic carbocycles. The van der Waals surface area contributed by atoms with Gasteiger partial charge in [-0.2, -0.15) is 0 Å². The van der Waals surface area contributed by atoms with Gasteiger partial charge in [0.2, 0.25) is 0 Å². The minimum Gasteiger partial charge on any atom is -0.497 e. The van der Waals surface area contributed by atoms with Gasteiger partial charge in [-0.15, -0.1) is 0 Å². The highest BCUT2D eigenvalue weighted by molar-refractivity contribution is 7.92. The molecule has 3 aromatic carbocycles. The number of esters is 1. The van der Waals surface area contributed by atoms with Crippen molar-refractivity contribution in [1.82, 2.24) is 0 Å². The van der Waals surface area contributed by atoms with Crippen LogP contribution in [0.2, 0.25) is 0 Å². The first-order chi connectivity index (χ1) is 15.3. The van der Waals surface area contributed by atoms with E-state index in [4.69, 9.17) is 9.47 Å².